The quantitative estimate of drug-likeness (QED) is 0.382. The second-order valence-corrected chi connectivity index (χ2v) is 10.3. The molecule has 0 bridgehead atoms. The first kappa shape index (κ1) is 27.4. The van der Waals surface area contributed by atoms with E-state index in [0.29, 0.717) is 23.7 Å². The third-order valence-corrected chi connectivity index (χ3v) is 7.41. The summed E-state index contributed by atoms with van der Waals surface area (Å²) < 4.78 is 56.3. The van der Waals surface area contributed by atoms with Gasteiger partial charge in [-0.15, -0.1) is 0 Å². The van der Waals surface area contributed by atoms with Gasteiger partial charge in [0.25, 0.3) is 0 Å². The molecule has 1 aliphatic heterocycles. The number of benzene rings is 2. The fraction of sp³-hybridized carbons (Fsp3) is 0.200. The van der Waals surface area contributed by atoms with Crippen molar-refractivity contribution in [2.45, 2.75) is 18.9 Å². The van der Waals surface area contributed by atoms with Crippen molar-refractivity contribution in [2.24, 2.45) is 5.73 Å². The highest BCUT2D eigenvalue weighted by Crippen LogP contribution is 2.26. The third-order valence-electron chi connectivity index (χ3n) is 6.04. The highest BCUT2D eigenvalue weighted by atomic mass is 32.2. The number of hydrogen-bond acceptors (Lipinski definition) is 6. The second kappa shape index (κ2) is 11.0. The molecule has 0 unspecified atom stereocenters. The number of pyridine rings is 1. The molecule has 1 atom stereocenters. The molecule has 0 saturated heterocycles. The van der Waals surface area contributed by atoms with Crippen molar-refractivity contribution in [1.29, 1.82) is 0 Å². The summed E-state index contributed by atoms with van der Waals surface area (Å²) >= 11 is 0. The fourth-order valence-electron chi connectivity index (χ4n) is 4.15. The molecular weight excluding hydrogens is 534 g/mol. The number of aromatic nitrogens is 1. The van der Waals surface area contributed by atoms with Gasteiger partial charge < -0.3 is 16.0 Å². The number of urea groups is 1. The van der Waals surface area contributed by atoms with Crippen molar-refractivity contribution >= 4 is 39.6 Å². The van der Waals surface area contributed by atoms with Gasteiger partial charge >= 0.3 is 16.2 Å². The standard InChI is InChI=1S/C25H24F2N6O5S/c1-32(20-6-4-16(5-7-20)22(28)34)24(35)21(13-15-11-18(26)14-19(27)12-15)30-25(36)31-39(37,38)33-10-8-17-3-2-9-29-23(17)33/h2-7,9,11-12,14,21H,8,10,13H2,1H3,(H2,28,34)(H2,30,31,36)/t21-/m0/s1. The van der Waals surface area contributed by atoms with Crippen molar-refractivity contribution in [1.82, 2.24) is 15.0 Å². The molecule has 204 valence electrons. The summed E-state index contributed by atoms with van der Waals surface area (Å²) in [5.74, 6) is -3.00. The van der Waals surface area contributed by atoms with Crippen molar-refractivity contribution in [3.63, 3.8) is 0 Å². The predicted octanol–water partition coefficient (Wildman–Crippen LogP) is 1.64. The molecule has 2 heterocycles. The van der Waals surface area contributed by atoms with Crippen LogP contribution in [0.2, 0.25) is 0 Å². The monoisotopic (exact) mass is 558 g/mol. The third kappa shape index (κ3) is 6.29. The van der Waals surface area contributed by atoms with Crippen LogP contribution >= 0.6 is 0 Å². The smallest absolute Gasteiger partial charge is 0.330 e. The molecule has 4 rings (SSSR count). The number of rotatable bonds is 8. The van der Waals surface area contributed by atoms with Crippen LogP contribution in [-0.4, -0.2) is 50.9 Å². The number of nitrogens with two attached hydrogens (primary N) is 1. The van der Waals surface area contributed by atoms with Gasteiger partial charge in [0.15, 0.2) is 0 Å². The number of nitrogens with zero attached hydrogens (tertiary/aromatic N) is 3. The molecular formula is C25H24F2N6O5S. The van der Waals surface area contributed by atoms with E-state index in [4.69, 9.17) is 5.73 Å². The van der Waals surface area contributed by atoms with Gasteiger partial charge in [-0.2, -0.15) is 8.42 Å². The Balaban J connectivity index is 1.56. The second-order valence-electron chi connectivity index (χ2n) is 8.73. The maximum absolute atomic E-state index is 13.8. The molecule has 0 aliphatic carbocycles. The summed E-state index contributed by atoms with van der Waals surface area (Å²) in [5, 5.41) is 2.30. The number of hydrogen-bond donors (Lipinski definition) is 3. The molecule has 0 radical (unpaired) electrons. The molecule has 4 amide bonds. The zero-order valence-corrected chi connectivity index (χ0v) is 21.4. The predicted molar refractivity (Wildman–Crippen MR) is 138 cm³/mol. The van der Waals surface area contributed by atoms with E-state index in [-0.39, 0.29) is 29.9 Å². The number of fused-ring (bicyclic) bond motifs is 1. The lowest BCUT2D eigenvalue weighted by Gasteiger charge is -2.26. The lowest BCUT2D eigenvalue weighted by atomic mass is 10.0. The molecule has 0 saturated carbocycles. The van der Waals surface area contributed by atoms with E-state index < -0.39 is 45.7 Å². The molecule has 1 aliphatic rings. The zero-order chi connectivity index (χ0) is 28.3. The number of carbonyl (C=O) groups is 3. The fourth-order valence-corrected chi connectivity index (χ4v) is 5.27. The number of likely N-dealkylation sites (N-methyl/N-ethyl adjacent to an activating group) is 1. The van der Waals surface area contributed by atoms with E-state index >= 15 is 0 Å². The topological polar surface area (TPSA) is 155 Å². The number of primary amides is 1. The highest BCUT2D eigenvalue weighted by Gasteiger charge is 2.33. The Bertz CT molecular complexity index is 1510. The molecule has 3 aromatic rings. The van der Waals surface area contributed by atoms with Gasteiger partial charge in [-0.05, 0) is 60.0 Å². The maximum atomic E-state index is 13.8. The molecule has 2 aromatic carbocycles. The Morgan fingerprint density at radius 1 is 1.10 bits per heavy atom. The Morgan fingerprint density at radius 3 is 2.41 bits per heavy atom. The van der Waals surface area contributed by atoms with Crippen LogP contribution in [0.1, 0.15) is 21.5 Å². The molecule has 11 nitrogen and oxygen atoms in total. The minimum absolute atomic E-state index is 0.0455. The van der Waals surface area contributed by atoms with E-state index in [2.05, 4.69) is 10.3 Å². The van der Waals surface area contributed by atoms with E-state index in [9.17, 15) is 31.6 Å². The zero-order valence-electron chi connectivity index (χ0n) is 20.6. The minimum Gasteiger partial charge on any atom is -0.366 e. The summed E-state index contributed by atoms with van der Waals surface area (Å²) in [7, 11) is -3.02. The lowest BCUT2D eigenvalue weighted by Crippen LogP contribution is -2.54. The van der Waals surface area contributed by atoms with Gasteiger partial charge in [-0.1, -0.05) is 6.07 Å². The Morgan fingerprint density at radius 2 is 1.77 bits per heavy atom. The number of nitrogens with one attached hydrogen (secondary N) is 2. The number of amides is 4. The van der Waals surface area contributed by atoms with E-state index in [0.717, 1.165) is 21.3 Å². The SMILES string of the molecule is CN(C(=O)[C@H](Cc1cc(F)cc(F)c1)NC(=O)NS(=O)(=O)N1CCc2cccnc21)c1ccc(C(N)=O)cc1. The Kier molecular flexibility index (Phi) is 7.76. The summed E-state index contributed by atoms with van der Waals surface area (Å²) in [6.07, 6.45) is 1.46. The number of carbonyl (C=O) groups excluding carboxylic acids is 3. The van der Waals surface area contributed by atoms with Gasteiger partial charge in [0, 0.05) is 43.5 Å². The van der Waals surface area contributed by atoms with Gasteiger partial charge in [0.2, 0.25) is 11.8 Å². The maximum Gasteiger partial charge on any atom is 0.330 e. The van der Waals surface area contributed by atoms with E-state index in [1.54, 1.807) is 12.1 Å². The summed E-state index contributed by atoms with van der Waals surface area (Å²) in [4.78, 5) is 42.8. The normalized spacial score (nSPS) is 13.4. The molecule has 0 spiro atoms. The Hall–Kier alpha value is -4.59. The average molecular weight is 559 g/mol. The van der Waals surface area contributed by atoms with Crippen LogP contribution in [0.3, 0.4) is 0 Å². The van der Waals surface area contributed by atoms with Gasteiger partial charge in [0.1, 0.15) is 23.5 Å². The first-order valence-corrected chi connectivity index (χ1v) is 13.1. The molecule has 1 aromatic heterocycles. The van der Waals surface area contributed by atoms with Gasteiger partial charge in [-0.25, -0.2) is 27.6 Å². The minimum atomic E-state index is -4.40. The molecule has 39 heavy (non-hydrogen) atoms. The van der Waals surface area contributed by atoms with Crippen LogP contribution < -0.4 is 25.0 Å². The summed E-state index contributed by atoms with van der Waals surface area (Å²) in [6, 6.07) is 9.04. The van der Waals surface area contributed by atoms with Crippen LogP contribution in [0.4, 0.5) is 25.1 Å². The first-order chi connectivity index (χ1) is 18.4. The van der Waals surface area contributed by atoms with Gasteiger partial charge in [-0.3, -0.25) is 9.59 Å². The van der Waals surface area contributed by atoms with Crippen molar-refractivity contribution in [3.8, 4) is 0 Å². The first-order valence-electron chi connectivity index (χ1n) is 11.6. The molecule has 14 heteroatoms. The number of halogens is 2. The lowest BCUT2D eigenvalue weighted by molar-refractivity contribution is -0.120. The molecule has 0 fully saturated rings. The van der Waals surface area contributed by atoms with Crippen molar-refractivity contribution in [2.75, 3.05) is 22.8 Å². The van der Waals surface area contributed by atoms with E-state index in [1.807, 2.05) is 4.72 Å². The molecule has 4 N–H and O–H groups in total. The van der Waals surface area contributed by atoms with Crippen LogP contribution in [0.5, 0.6) is 0 Å². The van der Waals surface area contributed by atoms with Gasteiger partial charge in [0.05, 0.1) is 0 Å². The summed E-state index contributed by atoms with van der Waals surface area (Å²) in [6.45, 7) is 0.0594. The van der Waals surface area contributed by atoms with Crippen LogP contribution in [0.15, 0.2) is 60.8 Å². The number of anilines is 2. The van der Waals surface area contributed by atoms with E-state index in [1.165, 1.54) is 37.5 Å². The average Bonchev–Trinajstić information content (AvgIpc) is 3.32. The van der Waals surface area contributed by atoms with Crippen molar-refractivity contribution < 1.29 is 31.6 Å². The Labute approximate surface area is 222 Å². The highest BCUT2D eigenvalue weighted by molar-refractivity contribution is 7.91. The summed E-state index contributed by atoms with van der Waals surface area (Å²) in [5.41, 5.74) is 6.49. The van der Waals surface area contributed by atoms with Crippen LogP contribution in [-0.2, 0) is 27.8 Å². The largest absolute Gasteiger partial charge is 0.366 e. The van der Waals surface area contributed by atoms with Crippen molar-refractivity contribution in [3.05, 3.63) is 89.1 Å². The van der Waals surface area contributed by atoms with Crippen LogP contribution in [0, 0.1) is 11.6 Å². The van der Waals surface area contributed by atoms with Crippen LogP contribution in [0.25, 0.3) is 0 Å².